The van der Waals surface area contributed by atoms with E-state index in [2.05, 4.69) is 33.4 Å². The summed E-state index contributed by atoms with van der Waals surface area (Å²) in [5.74, 6) is -0.804. The molecule has 1 aromatic heterocycles. The molecule has 3 rings (SSSR count). The highest BCUT2D eigenvalue weighted by Gasteiger charge is 2.39. The molecule has 1 aromatic carbocycles. The second-order valence-corrected chi connectivity index (χ2v) is 8.05. The molecule has 0 spiro atoms. The molecule has 1 aliphatic carbocycles. The predicted molar refractivity (Wildman–Crippen MR) is 87.3 cm³/mol. The van der Waals surface area contributed by atoms with Crippen LogP contribution in [0.15, 0.2) is 34.1 Å². The smallest absolute Gasteiger partial charge is 0.169 e. The molecule has 0 aliphatic heterocycles. The quantitative estimate of drug-likeness (QED) is 0.808. The number of aromatic hydroxyl groups is 1. The Hall–Kier alpha value is -0.910. The van der Waals surface area contributed by atoms with Gasteiger partial charge in [-0.05, 0) is 47.0 Å². The Morgan fingerprint density at radius 1 is 1.29 bits per heavy atom. The Morgan fingerprint density at radius 3 is 2.71 bits per heavy atom. The second kappa shape index (κ2) is 6.07. The first-order valence-corrected chi connectivity index (χ1v) is 8.65. The molecule has 0 bridgehead atoms. The van der Waals surface area contributed by atoms with Crippen LogP contribution < -0.4 is 5.32 Å². The van der Waals surface area contributed by atoms with Crippen LogP contribution in [-0.4, -0.2) is 11.7 Å². The van der Waals surface area contributed by atoms with Crippen molar-refractivity contribution in [2.45, 2.75) is 31.2 Å². The zero-order valence-electron chi connectivity index (χ0n) is 11.5. The highest BCUT2D eigenvalue weighted by atomic mass is 79.9. The van der Waals surface area contributed by atoms with Crippen molar-refractivity contribution < 1.29 is 9.50 Å². The summed E-state index contributed by atoms with van der Waals surface area (Å²) in [7, 11) is 0. The fourth-order valence-corrected chi connectivity index (χ4v) is 4.48. The highest BCUT2D eigenvalue weighted by Crippen LogP contribution is 2.46. The van der Waals surface area contributed by atoms with Crippen molar-refractivity contribution in [3.8, 4) is 5.75 Å². The lowest BCUT2D eigenvalue weighted by Gasteiger charge is -2.41. The number of benzene rings is 1. The van der Waals surface area contributed by atoms with Crippen molar-refractivity contribution in [1.82, 2.24) is 5.32 Å². The largest absolute Gasteiger partial charge is 0.505 e. The summed E-state index contributed by atoms with van der Waals surface area (Å²) in [5, 5.41) is 12.8. The minimum atomic E-state index is -0.522. The summed E-state index contributed by atoms with van der Waals surface area (Å²) in [6.45, 7) is 1.28. The lowest BCUT2D eigenvalue weighted by Crippen LogP contribution is -2.43. The third-order valence-corrected chi connectivity index (χ3v) is 6.11. The lowest BCUT2D eigenvalue weighted by molar-refractivity contribution is 0.238. The van der Waals surface area contributed by atoms with Crippen molar-refractivity contribution in [1.29, 1.82) is 0 Å². The lowest BCUT2D eigenvalue weighted by atomic mass is 9.67. The SMILES string of the molecule is Oc1cccc(CNCC2(c3ccc(Br)s3)CCC2)c1F. The number of hydrogen-bond donors (Lipinski definition) is 2. The van der Waals surface area contributed by atoms with Gasteiger partial charge in [-0.25, -0.2) is 4.39 Å². The molecule has 0 unspecified atom stereocenters. The van der Waals surface area contributed by atoms with Crippen molar-refractivity contribution in [2.24, 2.45) is 0 Å². The average molecular weight is 370 g/mol. The van der Waals surface area contributed by atoms with Crippen molar-refractivity contribution >= 4 is 27.3 Å². The molecule has 1 aliphatic rings. The van der Waals surface area contributed by atoms with Crippen LogP contribution in [-0.2, 0) is 12.0 Å². The fourth-order valence-electron chi connectivity index (χ4n) is 2.85. The van der Waals surface area contributed by atoms with Gasteiger partial charge in [0.25, 0.3) is 0 Å². The monoisotopic (exact) mass is 369 g/mol. The van der Waals surface area contributed by atoms with Crippen LogP contribution in [0.1, 0.15) is 29.7 Å². The number of nitrogens with one attached hydrogen (secondary N) is 1. The normalized spacial score (nSPS) is 16.7. The Bertz CT molecular complexity index is 639. The first kappa shape index (κ1) is 15.0. The molecule has 2 nitrogen and oxygen atoms in total. The van der Waals surface area contributed by atoms with Crippen LogP contribution in [0.4, 0.5) is 4.39 Å². The van der Waals surface area contributed by atoms with E-state index < -0.39 is 5.82 Å². The summed E-state index contributed by atoms with van der Waals surface area (Å²) in [4.78, 5) is 1.39. The molecule has 0 saturated heterocycles. The molecular weight excluding hydrogens is 353 g/mol. The van der Waals surface area contributed by atoms with Gasteiger partial charge in [0.05, 0.1) is 3.79 Å². The Kier molecular flexibility index (Phi) is 4.33. The van der Waals surface area contributed by atoms with E-state index in [0.717, 1.165) is 10.3 Å². The average Bonchev–Trinajstić information content (AvgIpc) is 2.84. The fraction of sp³-hybridized carbons (Fsp3) is 0.375. The second-order valence-electron chi connectivity index (χ2n) is 5.59. The summed E-state index contributed by atoms with van der Waals surface area (Å²) < 4.78 is 14.9. The van der Waals surface area contributed by atoms with E-state index in [9.17, 15) is 9.50 Å². The summed E-state index contributed by atoms with van der Waals surface area (Å²) in [6.07, 6.45) is 3.60. The molecule has 1 saturated carbocycles. The molecule has 0 atom stereocenters. The van der Waals surface area contributed by atoms with E-state index in [1.165, 1.54) is 30.2 Å². The molecule has 1 fully saturated rings. The minimum Gasteiger partial charge on any atom is -0.505 e. The summed E-state index contributed by atoms with van der Waals surface area (Å²) in [6, 6.07) is 9.02. The van der Waals surface area contributed by atoms with Gasteiger partial charge in [0.1, 0.15) is 0 Å². The van der Waals surface area contributed by atoms with Gasteiger partial charge in [-0.15, -0.1) is 11.3 Å². The van der Waals surface area contributed by atoms with Crippen LogP contribution >= 0.6 is 27.3 Å². The third kappa shape index (κ3) is 3.00. The Morgan fingerprint density at radius 2 is 2.10 bits per heavy atom. The Labute approximate surface area is 136 Å². The summed E-state index contributed by atoms with van der Waals surface area (Å²) >= 11 is 5.31. The molecule has 2 N–H and O–H groups in total. The summed E-state index contributed by atoms with van der Waals surface area (Å²) in [5.41, 5.74) is 0.709. The molecule has 0 amide bonds. The first-order chi connectivity index (χ1) is 10.1. The van der Waals surface area contributed by atoms with E-state index in [4.69, 9.17) is 0 Å². The van der Waals surface area contributed by atoms with Crippen molar-refractivity contribution in [2.75, 3.05) is 6.54 Å². The van der Waals surface area contributed by atoms with Gasteiger partial charge >= 0.3 is 0 Å². The maximum absolute atomic E-state index is 13.7. The van der Waals surface area contributed by atoms with Gasteiger partial charge in [-0.3, -0.25) is 0 Å². The standard InChI is InChI=1S/C16H17BrFNOS/c17-14-6-5-13(21-14)16(7-2-8-16)10-19-9-11-3-1-4-12(20)15(11)18/h1,3-6,19-20H,2,7-10H2. The minimum absolute atomic E-state index is 0.198. The van der Waals surface area contributed by atoms with Gasteiger partial charge < -0.3 is 10.4 Å². The van der Waals surface area contributed by atoms with E-state index in [0.29, 0.717) is 12.1 Å². The van der Waals surface area contributed by atoms with Crippen LogP contribution in [0.5, 0.6) is 5.75 Å². The molecular formula is C16H17BrFNOS. The number of phenols is 1. The van der Waals surface area contributed by atoms with Crippen LogP contribution in [0.2, 0.25) is 0 Å². The number of halogens is 2. The molecule has 1 heterocycles. The number of phenolic OH excluding ortho intramolecular Hbond substituents is 1. The van der Waals surface area contributed by atoms with Gasteiger partial charge in [-0.1, -0.05) is 18.6 Å². The highest BCUT2D eigenvalue weighted by molar-refractivity contribution is 9.11. The number of thiophene rings is 1. The zero-order valence-corrected chi connectivity index (χ0v) is 13.9. The number of hydrogen-bond acceptors (Lipinski definition) is 3. The van der Waals surface area contributed by atoms with Gasteiger partial charge in [0, 0.05) is 28.9 Å². The van der Waals surface area contributed by atoms with Crippen LogP contribution in [0.3, 0.4) is 0 Å². The van der Waals surface area contributed by atoms with Crippen molar-refractivity contribution in [3.63, 3.8) is 0 Å². The van der Waals surface area contributed by atoms with Crippen molar-refractivity contribution in [3.05, 3.63) is 50.4 Å². The van der Waals surface area contributed by atoms with E-state index in [-0.39, 0.29) is 11.2 Å². The predicted octanol–water partition coefficient (Wildman–Crippen LogP) is 4.57. The molecule has 21 heavy (non-hydrogen) atoms. The van der Waals surface area contributed by atoms with E-state index >= 15 is 0 Å². The third-order valence-electron chi connectivity index (χ3n) is 4.24. The van der Waals surface area contributed by atoms with Crippen LogP contribution in [0.25, 0.3) is 0 Å². The van der Waals surface area contributed by atoms with Crippen LogP contribution in [0, 0.1) is 5.82 Å². The number of rotatable bonds is 5. The molecule has 5 heteroatoms. The molecule has 112 valence electrons. The van der Waals surface area contributed by atoms with Gasteiger partial charge in [0.15, 0.2) is 11.6 Å². The van der Waals surface area contributed by atoms with Gasteiger partial charge in [0.2, 0.25) is 0 Å². The first-order valence-electron chi connectivity index (χ1n) is 7.04. The molecule has 0 radical (unpaired) electrons. The van der Waals surface area contributed by atoms with E-state index in [1.807, 2.05) is 0 Å². The maximum Gasteiger partial charge on any atom is 0.169 e. The molecule has 2 aromatic rings. The zero-order chi connectivity index (χ0) is 14.9. The van der Waals surface area contributed by atoms with E-state index in [1.54, 1.807) is 23.5 Å². The maximum atomic E-state index is 13.7. The Balaban J connectivity index is 1.65. The van der Waals surface area contributed by atoms with Gasteiger partial charge in [-0.2, -0.15) is 0 Å². The topological polar surface area (TPSA) is 32.3 Å².